The van der Waals surface area contributed by atoms with E-state index in [1.165, 1.54) is 38.8 Å². The summed E-state index contributed by atoms with van der Waals surface area (Å²) in [6.07, 6.45) is 5.34. The summed E-state index contributed by atoms with van der Waals surface area (Å²) in [5.41, 5.74) is 0. The van der Waals surface area contributed by atoms with Gasteiger partial charge >= 0.3 is 0 Å². The van der Waals surface area contributed by atoms with Crippen LogP contribution in [-0.2, 0) is 4.74 Å². The number of hydrogen-bond donors (Lipinski definition) is 1. The molecule has 2 saturated heterocycles. The Bertz CT molecular complexity index is 291. The summed E-state index contributed by atoms with van der Waals surface area (Å²) in [6.45, 7) is 14.8. The molecule has 2 unspecified atom stereocenters. The van der Waals surface area contributed by atoms with Crippen molar-refractivity contribution in [2.75, 3.05) is 32.8 Å². The lowest BCUT2D eigenvalue weighted by Crippen LogP contribution is -2.50. The molecule has 0 aromatic heterocycles. The molecule has 3 nitrogen and oxygen atoms in total. The third-order valence-electron chi connectivity index (χ3n) is 5.06. The van der Waals surface area contributed by atoms with Gasteiger partial charge in [0.2, 0.25) is 0 Å². The lowest BCUT2D eigenvalue weighted by molar-refractivity contribution is -0.0281. The second-order valence-electron chi connectivity index (χ2n) is 7.94. The van der Waals surface area contributed by atoms with Crippen LogP contribution >= 0.6 is 0 Å². The summed E-state index contributed by atoms with van der Waals surface area (Å²) in [5, 5.41) is 3.75. The summed E-state index contributed by atoms with van der Waals surface area (Å²) in [6, 6.07) is 1.38. The fraction of sp³-hybridized carbons (Fsp3) is 1.00. The average Bonchev–Trinajstić information content (AvgIpc) is 2.86. The van der Waals surface area contributed by atoms with Gasteiger partial charge in [-0.25, -0.2) is 0 Å². The largest absolute Gasteiger partial charge is 0.378 e. The topological polar surface area (TPSA) is 24.5 Å². The number of nitrogens with zero attached hydrogens (tertiary/aromatic N) is 1. The van der Waals surface area contributed by atoms with Crippen LogP contribution in [0, 0.1) is 17.8 Å². The van der Waals surface area contributed by atoms with Crippen molar-refractivity contribution in [1.82, 2.24) is 10.2 Å². The van der Waals surface area contributed by atoms with E-state index in [-0.39, 0.29) is 0 Å². The van der Waals surface area contributed by atoms with Crippen LogP contribution in [0.3, 0.4) is 0 Å². The molecule has 0 aromatic rings. The zero-order valence-corrected chi connectivity index (χ0v) is 14.6. The van der Waals surface area contributed by atoms with Gasteiger partial charge in [0, 0.05) is 18.6 Å². The molecular formula is C18H36N2O. The van der Waals surface area contributed by atoms with Gasteiger partial charge in [0.05, 0.1) is 13.2 Å². The van der Waals surface area contributed by atoms with Crippen molar-refractivity contribution in [3.63, 3.8) is 0 Å². The van der Waals surface area contributed by atoms with Crippen LogP contribution in [0.4, 0.5) is 0 Å². The maximum atomic E-state index is 5.80. The SMILES string of the molecule is CC(C)CCCN1CCOCC1C1CN[C@H](CC(C)C)C1. The molecule has 0 aromatic carbocycles. The molecular weight excluding hydrogens is 260 g/mol. The minimum absolute atomic E-state index is 0.649. The molecule has 2 fully saturated rings. The minimum atomic E-state index is 0.649. The number of rotatable bonds is 7. The minimum Gasteiger partial charge on any atom is -0.378 e. The van der Waals surface area contributed by atoms with Crippen molar-refractivity contribution in [2.45, 2.75) is 65.5 Å². The highest BCUT2D eigenvalue weighted by molar-refractivity contribution is 4.91. The molecule has 21 heavy (non-hydrogen) atoms. The van der Waals surface area contributed by atoms with E-state index in [2.05, 4.69) is 37.9 Å². The third-order valence-corrected chi connectivity index (χ3v) is 5.06. The van der Waals surface area contributed by atoms with Crippen molar-refractivity contribution in [3.05, 3.63) is 0 Å². The highest BCUT2D eigenvalue weighted by atomic mass is 16.5. The molecule has 2 rings (SSSR count). The Balaban J connectivity index is 1.81. The standard InChI is InChI=1S/C18H36N2O/c1-14(2)6-5-7-20-8-9-21-13-18(20)16-11-17(19-12-16)10-15(3)4/h14-19H,5-13H2,1-4H3/t16?,17-,18?/m1/s1. The summed E-state index contributed by atoms with van der Waals surface area (Å²) >= 11 is 0. The first-order valence-corrected chi connectivity index (χ1v) is 9.11. The molecule has 2 aliphatic heterocycles. The number of hydrogen-bond acceptors (Lipinski definition) is 3. The van der Waals surface area contributed by atoms with E-state index in [0.717, 1.165) is 43.6 Å². The summed E-state index contributed by atoms with van der Waals surface area (Å²) < 4.78 is 5.80. The van der Waals surface area contributed by atoms with Gasteiger partial charge in [0.1, 0.15) is 0 Å². The molecule has 3 atom stereocenters. The average molecular weight is 296 g/mol. The normalized spacial score (nSPS) is 31.4. The summed E-state index contributed by atoms with van der Waals surface area (Å²) in [7, 11) is 0. The molecule has 2 heterocycles. The maximum Gasteiger partial charge on any atom is 0.0625 e. The Labute approximate surface area is 131 Å². The highest BCUT2D eigenvalue weighted by Gasteiger charge is 2.35. The second-order valence-corrected chi connectivity index (χ2v) is 7.94. The predicted molar refractivity (Wildman–Crippen MR) is 89.6 cm³/mol. The van der Waals surface area contributed by atoms with Gasteiger partial charge in [-0.05, 0) is 56.5 Å². The first-order valence-electron chi connectivity index (χ1n) is 9.11. The zero-order chi connectivity index (χ0) is 15.2. The van der Waals surface area contributed by atoms with Gasteiger partial charge in [0.25, 0.3) is 0 Å². The molecule has 0 aliphatic carbocycles. The second kappa shape index (κ2) is 8.50. The Morgan fingerprint density at radius 1 is 1.19 bits per heavy atom. The monoisotopic (exact) mass is 296 g/mol. The van der Waals surface area contributed by atoms with Crippen LogP contribution in [0.2, 0.25) is 0 Å². The summed E-state index contributed by atoms with van der Waals surface area (Å²) in [4.78, 5) is 2.72. The molecule has 3 heteroatoms. The molecule has 2 aliphatic rings. The van der Waals surface area contributed by atoms with Crippen LogP contribution in [0.5, 0.6) is 0 Å². The van der Waals surface area contributed by atoms with Crippen LogP contribution in [-0.4, -0.2) is 49.8 Å². The van der Waals surface area contributed by atoms with Gasteiger partial charge in [-0.15, -0.1) is 0 Å². The van der Waals surface area contributed by atoms with E-state index in [1.54, 1.807) is 0 Å². The van der Waals surface area contributed by atoms with Crippen molar-refractivity contribution < 1.29 is 4.74 Å². The fourth-order valence-corrected chi connectivity index (χ4v) is 3.96. The Morgan fingerprint density at radius 2 is 2.00 bits per heavy atom. The Morgan fingerprint density at radius 3 is 2.71 bits per heavy atom. The van der Waals surface area contributed by atoms with Crippen molar-refractivity contribution in [1.29, 1.82) is 0 Å². The molecule has 0 spiro atoms. The van der Waals surface area contributed by atoms with E-state index >= 15 is 0 Å². The van der Waals surface area contributed by atoms with Gasteiger partial charge in [0.15, 0.2) is 0 Å². The maximum absolute atomic E-state index is 5.80. The first kappa shape index (κ1) is 17.2. The van der Waals surface area contributed by atoms with Crippen LogP contribution in [0.15, 0.2) is 0 Å². The van der Waals surface area contributed by atoms with Gasteiger partial charge in [-0.2, -0.15) is 0 Å². The van der Waals surface area contributed by atoms with E-state index in [9.17, 15) is 0 Å². The molecule has 0 amide bonds. The highest BCUT2D eigenvalue weighted by Crippen LogP contribution is 2.27. The molecule has 1 N–H and O–H groups in total. The zero-order valence-electron chi connectivity index (χ0n) is 14.6. The number of nitrogens with one attached hydrogen (secondary N) is 1. The van der Waals surface area contributed by atoms with Gasteiger partial charge in [-0.1, -0.05) is 27.7 Å². The molecule has 0 saturated carbocycles. The van der Waals surface area contributed by atoms with Crippen molar-refractivity contribution in [3.8, 4) is 0 Å². The van der Waals surface area contributed by atoms with Crippen LogP contribution in [0.1, 0.15) is 53.4 Å². The van der Waals surface area contributed by atoms with Crippen LogP contribution < -0.4 is 5.32 Å². The predicted octanol–water partition coefficient (Wildman–Crippen LogP) is 3.15. The molecule has 124 valence electrons. The molecule has 0 bridgehead atoms. The Kier molecular flexibility index (Phi) is 6.97. The van der Waals surface area contributed by atoms with Gasteiger partial charge < -0.3 is 10.1 Å². The Hall–Kier alpha value is -0.120. The lowest BCUT2D eigenvalue weighted by atomic mass is 9.92. The lowest BCUT2D eigenvalue weighted by Gasteiger charge is -2.39. The molecule has 0 radical (unpaired) electrons. The third kappa shape index (κ3) is 5.54. The van der Waals surface area contributed by atoms with E-state index in [4.69, 9.17) is 4.74 Å². The number of ether oxygens (including phenoxy) is 1. The van der Waals surface area contributed by atoms with Crippen molar-refractivity contribution >= 4 is 0 Å². The van der Waals surface area contributed by atoms with Crippen LogP contribution in [0.25, 0.3) is 0 Å². The van der Waals surface area contributed by atoms with E-state index in [1.807, 2.05) is 0 Å². The van der Waals surface area contributed by atoms with E-state index < -0.39 is 0 Å². The number of morpholine rings is 1. The van der Waals surface area contributed by atoms with Crippen molar-refractivity contribution in [2.24, 2.45) is 17.8 Å². The summed E-state index contributed by atoms with van der Waals surface area (Å²) in [5.74, 6) is 2.41. The smallest absolute Gasteiger partial charge is 0.0625 e. The van der Waals surface area contributed by atoms with Gasteiger partial charge in [-0.3, -0.25) is 4.90 Å². The fourth-order valence-electron chi connectivity index (χ4n) is 3.96. The van der Waals surface area contributed by atoms with E-state index in [0.29, 0.717) is 6.04 Å². The first-order chi connectivity index (χ1) is 10.1. The quantitative estimate of drug-likeness (QED) is 0.781.